The van der Waals surface area contributed by atoms with E-state index in [1.165, 1.54) is 0 Å². The molecule has 0 radical (unpaired) electrons. The second-order valence-corrected chi connectivity index (χ2v) is 6.36. The highest BCUT2D eigenvalue weighted by atomic mass is 79.9. The smallest absolute Gasteiger partial charge is 0.324 e. The van der Waals surface area contributed by atoms with Gasteiger partial charge in [0.1, 0.15) is 11.5 Å². The molecule has 0 saturated heterocycles. The minimum Gasteiger partial charge on any atom is -0.324 e. The normalized spacial score (nSPS) is 10.4. The van der Waals surface area contributed by atoms with E-state index in [-0.39, 0.29) is 23.1 Å². The van der Waals surface area contributed by atoms with Gasteiger partial charge in [-0.1, -0.05) is 18.2 Å². The average Bonchev–Trinajstić information content (AvgIpc) is 2.63. The van der Waals surface area contributed by atoms with Gasteiger partial charge in [0, 0.05) is 23.4 Å². The number of aromatic nitrogens is 3. The van der Waals surface area contributed by atoms with E-state index in [0.29, 0.717) is 5.82 Å². The summed E-state index contributed by atoms with van der Waals surface area (Å²) in [5.74, 6) is 0.976. The number of halogens is 1. The van der Waals surface area contributed by atoms with Crippen LogP contribution in [0.1, 0.15) is 5.69 Å². The molecule has 1 aromatic carbocycles. The van der Waals surface area contributed by atoms with Crippen molar-refractivity contribution < 1.29 is 4.92 Å². The third kappa shape index (κ3) is 3.77. The SMILES string of the molecule is Cc1nc(Nc2ccc(Br)cn2)nc(N(C)c2ccccc2)c1[N+](=O)[O-]. The van der Waals surface area contributed by atoms with E-state index in [1.807, 2.05) is 36.4 Å². The van der Waals surface area contributed by atoms with Gasteiger partial charge in [-0.2, -0.15) is 4.98 Å². The molecule has 132 valence electrons. The van der Waals surface area contributed by atoms with Crippen LogP contribution in [-0.2, 0) is 0 Å². The third-order valence-corrected chi connectivity index (χ3v) is 4.12. The molecule has 2 aromatic heterocycles. The van der Waals surface area contributed by atoms with Crippen LogP contribution in [0, 0.1) is 17.0 Å². The maximum atomic E-state index is 11.5. The monoisotopic (exact) mass is 414 g/mol. The van der Waals surface area contributed by atoms with Gasteiger partial charge in [0.05, 0.1) is 4.92 Å². The number of nitro groups is 1. The van der Waals surface area contributed by atoms with Gasteiger partial charge in [-0.25, -0.2) is 9.97 Å². The predicted octanol–water partition coefficient (Wildman–Crippen LogP) is 4.36. The number of rotatable bonds is 5. The number of para-hydroxylation sites is 1. The van der Waals surface area contributed by atoms with Crippen molar-refractivity contribution in [3.8, 4) is 0 Å². The summed E-state index contributed by atoms with van der Waals surface area (Å²) in [6.45, 7) is 1.59. The number of anilines is 4. The van der Waals surface area contributed by atoms with Crippen LogP contribution in [-0.4, -0.2) is 26.9 Å². The zero-order valence-corrected chi connectivity index (χ0v) is 15.6. The summed E-state index contributed by atoms with van der Waals surface area (Å²) in [5, 5.41) is 14.5. The van der Waals surface area contributed by atoms with Gasteiger partial charge in [-0.15, -0.1) is 0 Å². The fourth-order valence-electron chi connectivity index (χ4n) is 2.39. The molecule has 0 unspecified atom stereocenters. The summed E-state index contributed by atoms with van der Waals surface area (Å²) < 4.78 is 0.841. The fourth-order valence-corrected chi connectivity index (χ4v) is 2.63. The quantitative estimate of drug-likeness (QED) is 0.488. The molecule has 0 aliphatic heterocycles. The summed E-state index contributed by atoms with van der Waals surface area (Å²) in [6.07, 6.45) is 1.64. The highest BCUT2D eigenvalue weighted by Gasteiger charge is 2.25. The second kappa shape index (κ2) is 7.44. The molecule has 3 aromatic rings. The molecule has 0 aliphatic rings. The Morgan fingerprint density at radius 1 is 1.15 bits per heavy atom. The van der Waals surface area contributed by atoms with Gasteiger partial charge in [0.15, 0.2) is 0 Å². The van der Waals surface area contributed by atoms with E-state index in [4.69, 9.17) is 0 Å². The van der Waals surface area contributed by atoms with E-state index in [0.717, 1.165) is 10.2 Å². The van der Waals surface area contributed by atoms with Crippen molar-refractivity contribution in [2.75, 3.05) is 17.3 Å². The average molecular weight is 415 g/mol. The van der Waals surface area contributed by atoms with E-state index < -0.39 is 4.92 Å². The molecule has 26 heavy (non-hydrogen) atoms. The van der Waals surface area contributed by atoms with Crippen LogP contribution in [0.3, 0.4) is 0 Å². The lowest BCUT2D eigenvalue weighted by atomic mass is 10.2. The fraction of sp³-hybridized carbons (Fsp3) is 0.118. The Morgan fingerprint density at radius 3 is 2.50 bits per heavy atom. The molecule has 0 aliphatic carbocycles. The number of hydrogen-bond acceptors (Lipinski definition) is 7. The molecule has 0 bridgehead atoms. The lowest BCUT2D eigenvalue weighted by molar-refractivity contribution is -0.385. The Bertz CT molecular complexity index is 934. The van der Waals surface area contributed by atoms with Crippen LogP contribution in [0.25, 0.3) is 0 Å². The van der Waals surface area contributed by atoms with E-state index in [1.54, 1.807) is 31.1 Å². The molecule has 0 saturated carbocycles. The van der Waals surface area contributed by atoms with Gasteiger partial charge >= 0.3 is 5.69 Å². The van der Waals surface area contributed by atoms with E-state index in [9.17, 15) is 10.1 Å². The van der Waals surface area contributed by atoms with Crippen molar-refractivity contribution in [1.29, 1.82) is 0 Å². The Kier molecular flexibility index (Phi) is 5.08. The number of aryl methyl sites for hydroxylation is 1. The highest BCUT2D eigenvalue weighted by Crippen LogP contribution is 2.33. The molecule has 9 heteroatoms. The molecule has 0 fully saturated rings. The maximum absolute atomic E-state index is 11.5. The summed E-state index contributed by atoms with van der Waals surface area (Å²) in [4.78, 5) is 25.5. The first-order chi connectivity index (χ1) is 12.5. The molecule has 1 N–H and O–H groups in total. The Balaban J connectivity index is 2.04. The zero-order chi connectivity index (χ0) is 18.7. The molecular formula is C17H15BrN6O2. The summed E-state index contributed by atoms with van der Waals surface area (Å²) in [7, 11) is 1.73. The van der Waals surface area contributed by atoms with Crippen LogP contribution in [0.15, 0.2) is 53.1 Å². The maximum Gasteiger partial charge on any atom is 0.333 e. The third-order valence-electron chi connectivity index (χ3n) is 3.65. The van der Waals surface area contributed by atoms with Crippen LogP contribution >= 0.6 is 15.9 Å². The van der Waals surface area contributed by atoms with Crippen molar-refractivity contribution >= 4 is 44.9 Å². The number of hydrogen-bond donors (Lipinski definition) is 1. The van der Waals surface area contributed by atoms with Gasteiger partial charge in [-0.3, -0.25) is 10.1 Å². The first-order valence-corrected chi connectivity index (χ1v) is 8.45. The van der Waals surface area contributed by atoms with E-state index in [2.05, 4.69) is 36.2 Å². The van der Waals surface area contributed by atoms with Crippen molar-refractivity contribution in [3.63, 3.8) is 0 Å². The first kappa shape index (κ1) is 17.7. The van der Waals surface area contributed by atoms with Gasteiger partial charge in [0.2, 0.25) is 11.8 Å². The van der Waals surface area contributed by atoms with Crippen LogP contribution in [0.5, 0.6) is 0 Å². The molecular weight excluding hydrogens is 400 g/mol. The van der Waals surface area contributed by atoms with Crippen molar-refractivity contribution in [2.45, 2.75) is 6.92 Å². The van der Waals surface area contributed by atoms with Gasteiger partial charge in [0.25, 0.3) is 0 Å². The molecule has 0 atom stereocenters. The standard InChI is InChI=1S/C17H15BrN6O2/c1-11-15(24(25)26)16(23(2)13-6-4-3-5-7-13)22-17(20-11)21-14-9-8-12(18)10-19-14/h3-10H,1-2H3,(H,19,20,21,22). The summed E-state index contributed by atoms with van der Waals surface area (Å²) in [5.41, 5.74) is 0.912. The second-order valence-electron chi connectivity index (χ2n) is 5.44. The van der Waals surface area contributed by atoms with Crippen LogP contribution in [0.2, 0.25) is 0 Å². The lowest BCUT2D eigenvalue weighted by Gasteiger charge is -2.19. The Hall–Kier alpha value is -3.07. The molecule has 0 spiro atoms. The molecule has 2 heterocycles. The Morgan fingerprint density at radius 2 is 1.88 bits per heavy atom. The minimum atomic E-state index is -0.467. The van der Waals surface area contributed by atoms with Crippen LogP contribution < -0.4 is 10.2 Å². The van der Waals surface area contributed by atoms with Crippen molar-refractivity contribution in [1.82, 2.24) is 15.0 Å². The predicted molar refractivity (Wildman–Crippen MR) is 103 cm³/mol. The summed E-state index contributed by atoms with van der Waals surface area (Å²) >= 11 is 3.32. The molecule has 8 nitrogen and oxygen atoms in total. The molecule has 0 amide bonds. The highest BCUT2D eigenvalue weighted by molar-refractivity contribution is 9.10. The van der Waals surface area contributed by atoms with Crippen molar-refractivity contribution in [3.05, 3.63) is 68.9 Å². The van der Waals surface area contributed by atoms with Crippen LogP contribution in [0.4, 0.5) is 29.0 Å². The van der Waals surface area contributed by atoms with Crippen molar-refractivity contribution in [2.24, 2.45) is 0 Å². The van der Waals surface area contributed by atoms with E-state index >= 15 is 0 Å². The number of nitrogens with one attached hydrogen (secondary N) is 1. The largest absolute Gasteiger partial charge is 0.333 e. The Labute approximate surface area is 158 Å². The zero-order valence-electron chi connectivity index (χ0n) is 14.0. The lowest BCUT2D eigenvalue weighted by Crippen LogP contribution is -2.16. The van der Waals surface area contributed by atoms with Gasteiger partial charge < -0.3 is 10.2 Å². The first-order valence-electron chi connectivity index (χ1n) is 7.66. The number of benzene rings is 1. The number of pyridine rings is 1. The summed E-state index contributed by atoms with van der Waals surface area (Å²) in [6, 6.07) is 12.9. The number of nitrogens with zero attached hydrogens (tertiary/aromatic N) is 5. The molecule has 3 rings (SSSR count). The van der Waals surface area contributed by atoms with Gasteiger partial charge in [-0.05, 0) is 47.1 Å². The minimum absolute atomic E-state index is 0.134. The topological polar surface area (TPSA) is 97.1 Å².